The maximum atomic E-state index is 13.3. The van der Waals surface area contributed by atoms with Crippen LogP contribution in [0.25, 0.3) is 0 Å². The molecule has 0 fully saturated rings. The molecule has 0 unspecified atom stereocenters. The van der Waals surface area contributed by atoms with Gasteiger partial charge in [0.05, 0.1) is 12.2 Å². The molecule has 0 aromatic heterocycles. The molecule has 0 bridgehead atoms. The second kappa shape index (κ2) is 6.50. The Hall–Kier alpha value is -2.42. The smallest absolute Gasteiger partial charge is 0.315 e. The van der Waals surface area contributed by atoms with Crippen molar-refractivity contribution < 1.29 is 18.7 Å². The molecule has 0 aliphatic rings. The number of amides is 1. The van der Waals surface area contributed by atoms with Gasteiger partial charge in [-0.1, -0.05) is 0 Å². The van der Waals surface area contributed by atoms with Gasteiger partial charge < -0.3 is 10.1 Å². The molecule has 5 nitrogen and oxygen atoms in total. The van der Waals surface area contributed by atoms with Gasteiger partial charge in [-0.15, -0.1) is 0 Å². The predicted octanol–water partition coefficient (Wildman–Crippen LogP) is 1.90. The summed E-state index contributed by atoms with van der Waals surface area (Å²) in [5.41, 5.74) is 0.595. The minimum Gasteiger partial charge on any atom is -0.466 e. The number of aryl methyl sites for hydroxylation is 1. The van der Waals surface area contributed by atoms with E-state index in [0.29, 0.717) is 11.3 Å². The van der Waals surface area contributed by atoms with E-state index in [1.165, 1.54) is 6.07 Å². The summed E-state index contributed by atoms with van der Waals surface area (Å²) in [6.07, 6.45) is -0.424. The third kappa shape index (κ3) is 4.07. The Labute approximate surface area is 110 Å². The number of nitrogens with one attached hydrogen (secondary N) is 1. The van der Waals surface area contributed by atoms with Crippen molar-refractivity contribution in [1.82, 2.24) is 0 Å². The van der Waals surface area contributed by atoms with E-state index in [4.69, 9.17) is 5.26 Å². The predicted molar refractivity (Wildman–Crippen MR) is 65.7 cm³/mol. The maximum absolute atomic E-state index is 13.3. The number of rotatable bonds is 4. The molecule has 0 aliphatic carbocycles. The zero-order valence-electron chi connectivity index (χ0n) is 10.6. The molecule has 0 heterocycles. The summed E-state index contributed by atoms with van der Waals surface area (Å²) in [4.78, 5) is 22.7. The molecule has 1 amide bonds. The summed E-state index contributed by atoms with van der Waals surface area (Å²) in [7, 11) is 0. The van der Waals surface area contributed by atoms with Crippen LogP contribution in [-0.4, -0.2) is 18.5 Å². The number of carbonyl (C=O) groups is 2. The Kier molecular flexibility index (Phi) is 5.01. The quantitative estimate of drug-likeness (QED) is 0.665. The third-order valence-corrected chi connectivity index (χ3v) is 2.32. The van der Waals surface area contributed by atoms with Gasteiger partial charge in [0.2, 0.25) is 5.91 Å². The number of hydrogen-bond donors (Lipinski definition) is 1. The minimum absolute atomic E-state index is 0.169. The first-order chi connectivity index (χ1) is 8.97. The number of hydrogen-bond acceptors (Lipinski definition) is 4. The zero-order valence-corrected chi connectivity index (χ0v) is 10.6. The van der Waals surface area contributed by atoms with Crippen molar-refractivity contribution in [2.45, 2.75) is 20.3 Å². The average molecular weight is 264 g/mol. The fourth-order valence-corrected chi connectivity index (χ4v) is 1.43. The lowest BCUT2D eigenvalue weighted by molar-refractivity contribution is -0.145. The first-order valence-corrected chi connectivity index (χ1v) is 5.63. The van der Waals surface area contributed by atoms with Crippen molar-refractivity contribution in [3.8, 4) is 6.07 Å². The van der Waals surface area contributed by atoms with Crippen molar-refractivity contribution in [3.05, 3.63) is 29.1 Å². The molecule has 0 spiro atoms. The van der Waals surface area contributed by atoms with E-state index < -0.39 is 24.1 Å². The molecule has 0 saturated carbocycles. The van der Waals surface area contributed by atoms with Crippen LogP contribution < -0.4 is 5.32 Å². The zero-order chi connectivity index (χ0) is 14.4. The van der Waals surface area contributed by atoms with Crippen LogP contribution in [0, 0.1) is 24.1 Å². The molecule has 1 rings (SSSR count). The van der Waals surface area contributed by atoms with E-state index in [2.05, 4.69) is 10.1 Å². The molecule has 1 N–H and O–H groups in total. The second-order valence-corrected chi connectivity index (χ2v) is 3.79. The van der Waals surface area contributed by atoms with E-state index in [1.807, 2.05) is 0 Å². The highest BCUT2D eigenvalue weighted by atomic mass is 19.1. The Balaban J connectivity index is 2.80. The number of carbonyl (C=O) groups excluding carboxylic acids is 2. The first-order valence-electron chi connectivity index (χ1n) is 5.63. The van der Waals surface area contributed by atoms with E-state index in [0.717, 1.165) is 6.07 Å². The Morgan fingerprint density at radius 2 is 2.16 bits per heavy atom. The molecule has 19 heavy (non-hydrogen) atoms. The highest BCUT2D eigenvalue weighted by molar-refractivity contribution is 6.02. The topological polar surface area (TPSA) is 79.2 Å². The lowest BCUT2D eigenvalue weighted by Crippen LogP contribution is -2.18. The van der Waals surface area contributed by atoms with Gasteiger partial charge in [-0.2, -0.15) is 5.26 Å². The van der Waals surface area contributed by atoms with Gasteiger partial charge in [-0.25, -0.2) is 4.39 Å². The van der Waals surface area contributed by atoms with Crippen molar-refractivity contribution in [2.75, 3.05) is 11.9 Å². The molecule has 0 saturated heterocycles. The van der Waals surface area contributed by atoms with Crippen molar-refractivity contribution in [2.24, 2.45) is 0 Å². The first kappa shape index (κ1) is 14.6. The van der Waals surface area contributed by atoms with Gasteiger partial charge in [0.1, 0.15) is 18.3 Å². The normalized spacial score (nSPS) is 9.58. The van der Waals surface area contributed by atoms with Gasteiger partial charge in [-0.3, -0.25) is 9.59 Å². The molecule has 0 atom stereocenters. The van der Waals surface area contributed by atoms with Crippen molar-refractivity contribution in [1.29, 1.82) is 5.26 Å². The SMILES string of the molecule is CCOC(=O)CC(=O)Nc1cc(C#N)c(F)cc1C. The van der Waals surface area contributed by atoms with Crippen LogP contribution >= 0.6 is 0 Å². The lowest BCUT2D eigenvalue weighted by atomic mass is 10.1. The van der Waals surface area contributed by atoms with Crippen molar-refractivity contribution >= 4 is 17.6 Å². The number of esters is 1. The molecule has 1 aromatic rings. The van der Waals surface area contributed by atoms with Gasteiger partial charge in [-0.05, 0) is 31.5 Å². The third-order valence-electron chi connectivity index (χ3n) is 2.32. The van der Waals surface area contributed by atoms with Gasteiger partial charge in [0.15, 0.2) is 0 Å². The minimum atomic E-state index is -0.650. The number of halogens is 1. The molecule has 100 valence electrons. The maximum Gasteiger partial charge on any atom is 0.315 e. The summed E-state index contributed by atoms with van der Waals surface area (Å²) in [6, 6.07) is 4.06. The standard InChI is InChI=1S/C13H13FN2O3/c1-3-19-13(18)6-12(17)16-11-5-9(7-15)10(14)4-8(11)2/h4-5H,3,6H2,1-2H3,(H,16,17). The average Bonchev–Trinajstić information content (AvgIpc) is 2.32. The van der Waals surface area contributed by atoms with Gasteiger partial charge >= 0.3 is 5.97 Å². The van der Waals surface area contributed by atoms with Crippen LogP contribution in [0.3, 0.4) is 0 Å². The van der Waals surface area contributed by atoms with Crippen LogP contribution in [0.5, 0.6) is 0 Å². The number of benzene rings is 1. The van der Waals surface area contributed by atoms with Gasteiger partial charge in [0, 0.05) is 5.69 Å². The van der Waals surface area contributed by atoms with E-state index in [9.17, 15) is 14.0 Å². The highest BCUT2D eigenvalue weighted by Gasteiger charge is 2.13. The van der Waals surface area contributed by atoms with Crippen LogP contribution in [0.1, 0.15) is 24.5 Å². The summed E-state index contributed by atoms with van der Waals surface area (Å²) in [5.74, 6) is -1.86. The van der Waals surface area contributed by atoms with Crippen LogP contribution in [0.15, 0.2) is 12.1 Å². The number of ether oxygens (including phenoxy) is 1. The Bertz CT molecular complexity index is 550. The molecule has 0 radical (unpaired) electrons. The summed E-state index contributed by atoms with van der Waals surface area (Å²) in [5, 5.41) is 11.2. The monoisotopic (exact) mass is 264 g/mol. The van der Waals surface area contributed by atoms with Crippen LogP contribution in [0.2, 0.25) is 0 Å². The lowest BCUT2D eigenvalue weighted by Gasteiger charge is -2.09. The highest BCUT2D eigenvalue weighted by Crippen LogP contribution is 2.19. The van der Waals surface area contributed by atoms with E-state index in [1.54, 1.807) is 19.9 Å². The number of nitriles is 1. The van der Waals surface area contributed by atoms with Gasteiger partial charge in [0.25, 0.3) is 0 Å². The molecule has 1 aromatic carbocycles. The Morgan fingerprint density at radius 3 is 2.74 bits per heavy atom. The second-order valence-electron chi connectivity index (χ2n) is 3.79. The summed E-state index contributed by atoms with van der Waals surface area (Å²) in [6.45, 7) is 3.42. The molecular formula is C13H13FN2O3. The molecule has 0 aliphatic heterocycles. The largest absolute Gasteiger partial charge is 0.466 e. The van der Waals surface area contributed by atoms with Crippen molar-refractivity contribution in [3.63, 3.8) is 0 Å². The fourth-order valence-electron chi connectivity index (χ4n) is 1.43. The molecular weight excluding hydrogens is 251 g/mol. The number of anilines is 1. The van der Waals surface area contributed by atoms with Crippen LogP contribution in [0.4, 0.5) is 10.1 Å². The Morgan fingerprint density at radius 1 is 1.47 bits per heavy atom. The summed E-state index contributed by atoms with van der Waals surface area (Å²) < 4.78 is 17.9. The fraction of sp³-hybridized carbons (Fsp3) is 0.308. The van der Waals surface area contributed by atoms with E-state index in [-0.39, 0.29) is 12.2 Å². The molecule has 6 heteroatoms. The number of nitrogens with zero attached hydrogens (tertiary/aromatic N) is 1. The van der Waals surface area contributed by atoms with Crippen LogP contribution in [-0.2, 0) is 14.3 Å². The van der Waals surface area contributed by atoms with E-state index >= 15 is 0 Å². The summed E-state index contributed by atoms with van der Waals surface area (Å²) >= 11 is 0.